The molecular formula is C22H25ClN4O3S. The number of sulfonamides is 1. The molecule has 0 spiro atoms. The quantitative estimate of drug-likeness (QED) is 0.471. The first-order chi connectivity index (χ1) is 14.9. The summed E-state index contributed by atoms with van der Waals surface area (Å²) < 4.78 is 29.6. The van der Waals surface area contributed by atoms with E-state index >= 15 is 0 Å². The molecule has 1 heterocycles. The Hall–Kier alpha value is -2.68. The number of carbonyl (C=O) groups is 1. The van der Waals surface area contributed by atoms with E-state index < -0.39 is 10.0 Å². The zero-order chi connectivity index (χ0) is 22.3. The first-order valence-electron chi connectivity index (χ1n) is 9.89. The summed E-state index contributed by atoms with van der Waals surface area (Å²) in [5, 5.41) is 3.25. The average molecular weight is 461 g/mol. The molecule has 0 saturated heterocycles. The third-order valence-corrected chi connectivity index (χ3v) is 6.93. The highest BCUT2D eigenvalue weighted by Crippen LogP contribution is 2.22. The van der Waals surface area contributed by atoms with Crippen molar-refractivity contribution in [2.45, 2.75) is 31.3 Å². The predicted octanol–water partition coefficient (Wildman–Crippen LogP) is 3.24. The van der Waals surface area contributed by atoms with Gasteiger partial charge in [0.05, 0.1) is 17.8 Å². The Bertz CT molecular complexity index is 1100. The van der Waals surface area contributed by atoms with Crippen LogP contribution in [0.2, 0.25) is 5.02 Å². The molecule has 0 unspecified atom stereocenters. The van der Waals surface area contributed by atoms with E-state index in [1.807, 2.05) is 17.7 Å². The summed E-state index contributed by atoms with van der Waals surface area (Å²) in [5.41, 5.74) is 1.58. The monoisotopic (exact) mass is 460 g/mol. The van der Waals surface area contributed by atoms with Crippen LogP contribution in [0.15, 0.2) is 72.1 Å². The Morgan fingerprint density at radius 1 is 1.16 bits per heavy atom. The fourth-order valence-electron chi connectivity index (χ4n) is 3.03. The molecule has 1 N–H and O–H groups in total. The number of amides is 1. The van der Waals surface area contributed by atoms with Crippen LogP contribution >= 0.6 is 11.6 Å². The first-order valence-corrected chi connectivity index (χ1v) is 11.7. The number of benzene rings is 2. The molecular weight excluding hydrogens is 436 g/mol. The standard InChI is InChI=1S/C22H25ClN4O3S/c1-18-7-9-20(10-8-18)31(29,30)27(15-19-5-2-3-6-21(19)23)16-22(28)25-11-4-13-26-14-12-24-17-26/h2-3,5-10,12,14,17H,4,11,13,15-16H2,1H3,(H,25,28). The van der Waals surface area contributed by atoms with Gasteiger partial charge in [0.15, 0.2) is 0 Å². The maximum Gasteiger partial charge on any atom is 0.243 e. The van der Waals surface area contributed by atoms with Crippen molar-refractivity contribution in [3.05, 3.63) is 83.4 Å². The van der Waals surface area contributed by atoms with E-state index in [1.54, 1.807) is 61.1 Å². The van der Waals surface area contributed by atoms with Crippen LogP contribution < -0.4 is 5.32 Å². The second-order valence-corrected chi connectivity index (χ2v) is 9.53. The van der Waals surface area contributed by atoms with Crippen LogP contribution in [0.1, 0.15) is 17.5 Å². The van der Waals surface area contributed by atoms with Crippen LogP contribution in [0.25, 0.3) is 0 Å². The summed E-state index contributed by atoms with van der Waals surface area (Å²) in [6, 6.07) is 13.6. The number of aryl methyl sites for hydroxylation is 2. The lowest BCUT2D eigenvalue weighted by molar-refractivity contribution is -0.121. The second kappa shape index (κ2) is 10.6. The molecule has 0 aliphatic rings. The van der Waals surface area contributed by atoms with Crippen molar-refractivity contribution >= 4 is 27.5 Å². The zero-order valence-electron chi connectivity index (χ0n) is 17.2. The molecule has 0 fully saturated rings. The van der Waals surface area contributed by atoms with Crippen LogP contribution in [-0.2, 0) is 27.9 Å². The lowest BCUT2D eigenvalue weighted by Gasteiger charge is -2.22. The average Bonchev–Trinajstić information content (AvgIpc) is 3.26. The molecule has 0 saturated carbocycles. The third kappa shape index (κ3) is 6.40. The van der Waals surface area contributed by atoms with Crippen molar-refractivity contribution in [2.75, 3.05) is 13.1 Å². The van der Waals surface area contributed by atoms with Gasteiger partial charge in [0.1, 0.15) is 0 Å². The Labute approximate surface area is 187 Å². The molecule has 0 aliphatic carbocycles. The van der Waals surface area contributed by atoms with Gasteiger partial charge in [-0.05, 0) is 37.1 Å². The van der Waals surface area contributed by atoms with Gasteiger partial charge < -0.3 is 9.88 Å². The summed E-state index contributed by atoms with van der Waals surface area (Å²) in [7, 11) is -3.89. The third-order valence-electron chi connectivity index (χ3n) is 4.76. The van der Waals surface area contributed by atoms with Gasteiger partial charge in [-0.25, -0.2) is 13.4 Å². The lowest BCUT2D eigenvalue weighted by atomic mass is 10.2. The molecule has 3 aromatic rings. The summed E-state index contributed by atoms with van der Waals surface area (Å²) in [5.74, 6) is -0.367. The lowest BCUT2D eigenvalue weighted by Crippen LogP contribution is -2.40. The molecule has 0 radical (unpaired) electrons. The molecule has 0 aliphatic heterocycles. The van der Waals surface area contributed by atoms with Gasteiger partial charge in [0.25, 0.3) is 0 Å². The molecule has 164 valence electrons. The number of carbonyl (C=O) groups excluding carboxylic acids is 1. The van der Waals surface area contributed by atoms with E-state index in [1.165, 1.54) is 0 Å². The van der Waals surface area contributed by atoms with Crippen molar-refractivity contribution in [1.82, 2.24) is 19.2 Å². The molecule has 0 atom stereocenters. The van der Waals surface area contributed by atoms with E-state index in [0.717, 1.165) is 9.87 Å². The summed E-state index contributed by atoms with van der Waals surface area (Å²) in [4.78, 5) is 16.7. The normalized spacial score (nSPS) is 11.6. The Kier molecular flexibility index (Phi) is 7.84. The van der Waals surface area contributed by atoms with Gasteiger partial charge >= 0.3 is 0 Å². The highest BCUT2D eigenvalue weighted by atomic mass is 35.5. The van der Waals surface area contributed by atoms with E-state index in [-0.39, 0.29) is 23.9 Å². The first kappa shape index (κ1) is 23.0. The van der Waals surface area contributed by atoms with Gasteiger partial charge in [-0.1, -0.05) is 47.5 Å². The van der Waals surface area contributed by atoms with Crippen LogP contribution in [-0.4, -0.2) is 41.3 Å². The van der Waals surface area contributed by atoms with Gasteiger partial charge in [-0.2, -0.15) is 4.31 Å². The number of nitrogens with one attached hydrogen (secondary N) is 1. The molecule has 1 aromatic heterocycles. The number of rotatable bonds is 10. The minimum atomic E-state index is -3.89. The van der Waals surface area contributed by atoms with Gasteiger partial charge in [-0.15, -0.1) is 0 Å². The maximum absolute atomic E-state index is 13.3. The van der Waals surface area contributed by atoms with Crippen molar-refractivity contribution in [3.63, 3.8) is 0 Å². The Morgan fingerprint density at radius 3 is 2.58 bits per heavy atom. The predicted molar refractivity (Wildman–Crippen MR) is 120 cm³/mol. The number of hydrogen-bond donors (Lipinski definition) is 1. The highest BCUT2D eigenvalue weighted by molar-refractivity contribution is 7.89. The van der Waals surface area contributed by atoms with Crippen molar-refractivity contribution in [2.24, 2.45) is 0 Å². The molecule has 3 rings (SSSR count). The summed E-state index contributed by atoms with van der Waals surface area (Å²) in [6.45, 7) is 2.73. The fourth-order valence-corrected chi connectivity index (χ4v) is 4.60. The second-order valence-electron chi connectivity index (χ2n) is 7.18. The topological polar surface area (TPSA) is 84.3 Å². The maximum atomic E-state index is 13.3. The van der Waals surface area contributed by atoms with Gasteiger partial charge in [0.2, 0.25) is 15.9 Å². The van der Waals surface area contributed by atoms with Crippen molar-refractivity contribution in [3.8, 4) is 0 Å². The van der Waals surface area contributed by atoms with Crippen LogP contribution in [0.5, 0.6) is 0 Å². The summed E-state index contributed by atoms with van der Waals surface area (Å²) >= 11 is 6.24. The Balaban J connectivity index is 1.71. The summed E-state index contributed by atoms with van der Waals surface area (Å²) in [6.07, 6.45) is 5.96. The molecule has 7 nitrogen and oxygen atoms in total. The van der Waals surface area contributed by atoms with Gasteiger partial charge in [0, 0.05) is 37.1 Å². The van der Waals surface area contributed by atoms with Crippen LogP contribution in [0.3, 0.4) is 0 Å². The van der Waals surface area contributed by atoms with Crippen LogP contribution in [0.4, 0.5) is 0 Å². The number of imidazole rings is 1. The van der Waals surface area contributed by atoms with Crippen molar-refractivity contribution in [1.29, 1.82) is 0 Å². The number of aromatic nitrogens is 2. The molecule has 1 amide bonds. The fraction of sp³-hybridized carbons (Fsp3) is 0.273. The van der Waals surface area contributed by atoms with Gasteiger partial charge in [-0.3, -0.25) is 4.79 Å². The minimum Gasteiger partial charge on any atom is -0.355 e. The number of hydrogen-bond acceptors (Lipinski definition) is 4. The SMILES string of the molecule is Cc1ccc(S(=O)(=O)N(CC(=O)NCCCn2ccnc2)Cc2ccccc2Cl)cc1. The molecule has 9 heteroatoms. The Morgan fingerprint density at radius 2 is 1.90 bits per heavy atom. The minimum absolute atomic E-state index is 0.00165. The van der Waals surface area contributed by atoms with Crippen molar-refractivity contribution < 1.29 is 13.2 Å². The number of halogens is 1. The smallest absolute Gasteiger partial charge is 0.243 e. The van der Waals surface area contributed by atoms with E-state index in [9.17, 15) is 13.2 Å². The van der Waals surface area contributed by atoms with Crippen LogP contribution in [0, 0.1) is 6.92 Å². The zero-order valence-corrected chi connectivity index (χ0v) is 18.8. The highest BCUT2D eigenvalue weighted by Gasteiger charge is 2.27. The van der Waals surface area contributed by atoms with E-state index in [4.69, 9.17) is 11.6 Å². The number of nitrogens with zero attached hydrogens (tertiary/aromatic N) is 3. The molecule has 2 aromatic carbocycles. The largest absolute Gasteiger partial charge is 0.355 e. The molecule has 0 bridgehead atoms. The van der Waals surface area contributed by atoms with E-state index in [2.05, 4.69) is 10.3 Å². The molecule has 31 heavy (non-hydrogen) atoms. The van der Waals surface area contributed by atoms with E-state index in [0.29, 0.717) is 30.1 Å².